The van der Waals surface area contributed by atoms with Gasteiger partial charge in [-0.2, -0.15) is 4.98 Å². The Morgan fingerprint density at radius 2 is 1.82 bits per heavy atom. The number of anilines is 1. The molecule has 1 fully saturated rings. The van der Waals surface area contributed by atoms with Gasteiger partial charge in [-0.3, -0.25) is 4.79 Å². The normalized spacial score (nSPS) is 16.8. The zero-order valence-electron chi connectivity index (χ0n) is 16.3. The van der Waals surface area contributed by atoms with Gasteiger partial charge in [-0.05, 0) is 47.9 Å². The lowest BCUT2D eigenvalue weighted by molar-refractivity contribution is -0.117. The lowest BCUT2D eigenvalue weighted by atomic mass is 10.0. The fourth-order valence-electron chi connectivity index (χ4n) is 3.42. The number of benzene rings is 2. The molecule has 0 radical (unpaired) electrons. The maximum atomic E-state index is 12.5. The number of carbonyl (C=O) groups is 1. The van der Waals surface area contributed by atoms with Gasteiger partial charge in [-0.1, -0.05) is 31.1 Å². The van der Waals surface area contributed by atoms with Crippen molar-refractivity contribution in [3.63, 3.8) is 0 Å². The predicted molar refractivity (Wildman–Crippen MR) is 107 cm³/mol. The van der Waals surface area contributed by atoms with Crippen LogP contribution < -0.4 is 9.64 Å². The molecular weight excluding hydrogens is 354 g/mol. The minimum absolute atomic E-state index is 0.0755. The number of ether oxygens (including phenoxy) is 1. The summed E-state index contributed by atoms with van der Waals surface area (Å²) in [6, 6.07) is 15.6. The van der Waals surface area contributed by atoms with Crippen LogP contribution in [0.1, 0.15) is 43.6 Å². The number of nitrogens with zero attached hydrogens (tertiary/aromatic N) is 3. The summed E-state index contributed by atoms with van der Waals surface area (Å²) in [5.41, 5.74) is 3.01. The zero-order valence-corrected chi connectivity index (χ0v) is 16.3. The van der Waals surface area contributed by atoms with E-state index in [1.807, 2.05) is 36.4 Å². The molecular formula is C22H23N3O3. The van der Waals surface area contributed by atoms with E-state index in [4.69, 9.17) is 9.26 Å². The second-order valence-corrected chi connectivity index (χ2v) is 7.34. The van der Waals surface area contributed by atoms with E-state index in [0.717, 1.165) is 17.0 Å². The summed E-state index contributed by atoms with van der Waals surface area (Å²) in [6.45, 7) is 4.86. The first kappa shape index (κ1) is 18.2. The zero-order chi connectivity index (χ0) is 19.7. The van der Waals surface area contributed by atoms with Gasteiger partial charge in [0, 0.05) is 24.2 Å². The largest absolute Gasteiger partial charge is 0.497 e. The third-order valence-corrected chi connectivity index (χ3v) is 5.14. The number of amides is 1. The van der Waals surface area contributed by atoms with Crippen LogP contribution in [0.2, 0.25) is 0 Å². The highest BCUT2D eigenvalue weighted by atomic mass is 16.5. The Morgan fingerprint density at radius 1 is 1.11 bits per heavy atom. The SMILES string of the molecule is COc1ccc(-c2noc([C@@H]3CC(=O)N(c4ccc(C(C)C)cc4)C3)n2)cc1. The van der Waals surface area contributed by atoms with Crippen LogP contribution in [0.4, 0.5) is 5.69 Å². The first-order valence-electron chi connectivity index (χ1n) is 9.43. The molecule has 1 aliphatic heterocycles. The fourth-order valence-corrected chi connectivity index (χ4v) is 3.42. The molecule has 144 valence electrons. The lowest BCUT2D eigenvalue weighted by Crippen LogP contribution is -2.24. The quantitative estimate of drug-likeness (QED) is 0.660. The molecule has 0 saturated carbocycles. The first-order chi connectivity index (χ1) is 13.5. The Hall–Kier alpha value is -3.15. The minimum Gasteiger partial charge on any atom is -0.497 e. The van der Waals surface area contributed by atoms with Crippen molar-refractivity contribution in [3.05, 3.63) is 60.0 Å². The molecule has 3 aromatic rings. The standard InChI is InChI=1S/C22H23N3O3/c1-14(2)15-4-8-18(9-5-15)25-13-17(12-20(25)26)22-23-21(24-28-22)16-6-10-19(27-3)11-7-16/h4-11,14,17H,12-13H2,1-3H3/t17-/m1/s1. The maximum Gasteiger partial charge on any atom is 0.232 e. The van der Waals surface area contributed by atoms with Gasteiger partial charge in [0.1, 0.15) is 5.75 Å². The molecule has 4 rings (SSSR count). The summed E-state index contributed by atoms with van der Waals surface area (Å²) in [5.74, 6) is 2.23. The molecule has 28 heavy (non-hydrogen) atoms. The van der Waals surface area contributed by atoms with E-state index in [0.29, 0.717) is 30.6 Å². The average Bonchev–Trinajstić information content (AvgIpc) is 3.35. The van der Waals surface area contributed by atoms with E-state index in [-0.39, 0.29) is 11.8 Å². The van der Waals surface area contributed by atoms with Crippen molar-refractivity contribution in [1.82, 2.24) is 10.1 Å². The van der Waals surface area contributed by atoms with Crippen LogP contribution in [0, 0.1) is 0 Å². The molecule has 6 heteroatoms. The van der Waals surface area contributed by atoms with Crippen LogP contribution >= 0.6 is 0 Å². The molecule has 0 aliphatic carbocycles. The van der Waals surface area contributed by atoms with Gasteiger partial charge in [0.15, 0.2) is 0 Å². The number of aromatic nitrogens is 2. The molecule has 1 amide bonds. The highest BCUT2D eigenvalue weighted by Gasteiger charge is 2.35. The van der Waals surface area contributed by atoms with Crippen LogP contribution in [0.15, 0.2) is 53.1 Å². The Morgan fingerprint density at radius 3 is 2.46 bits per heavy atom. The summed E-state index contributed by atoms with van der Waals surface area (Å²) < 4.78 is 10.6. The van der Waals surface area contributed by atoms with E-state index >= 15 is 0 Å². The Kier molecular flexibility index (Phi) is 4.86. The molecule has 6 nitrogen and oxygen atoms in total. The molecule has 0 N–H and O–H groups in total. The molecule has 1 aliphatic rings. The van der Waals surface area contributed by atoms with E-state index < -0.39 is 0 Å². The molecule has 0 unspecified atom stereocenters. The smallest absolute Gasteiger partial charge is 0.232 e. The van der Waals surface area contributed by atoms with Crippen LogP contribution in [-0.2, 0) is 4.79 Å². The van der Waals surface area contributed by atoms with Crippen molar-refractivity contribution in [2.75, 3.05) is 18.6 Å². The average molecular weight is 377 g/mol. The van der Waals surface area contributed by atoms with Gasteiger partial charge in [-0.25, -0.2) is 0 Å². The summed E-state index contributed by atoms with van der Waals surface area (Å²) in [6.07, 6.45) is 0.371. The molecule has 0 spiro atoms. The van der Waals surface area contributed by atoms with Crippen molar-refractivity contribution in [3.8, 4) is 17.1 Å². The highest BCUT2D eigenvalue weighted by Crippen LogP contribution is 2.32. The highest BCUT2D eigenvalue weighted by molar-refractivity contribution is 5.96. The summed E-state index contributed by atoms with van der Waals surface area (Å²) in [5, 5.41) is 4.08. The third kappa shape index (κ3) is 3.50. The number of hydrogen-bond acceptors (Lipinski definition) is 5. The number of rotatable bonds is 5. The number of carbonyl (C=O) groups excluding carboxylic acids is 1. The van der Waals surface area contributed by atoms with Gasteiger partial charge >= 0.3 is 0 Å². The molecule has 2 aromatic carbocycles. The molecule has 1 atom stereocenters. The fraction of sp³-hybridized carbons (Fsp3) is 0.318. The number of methoxy groups -OCH3 is 1. The van der Waals surface area contributed by atoms with Gasteiger partial charge < -0.3 is 14.2 Å². The van der Waals surface area contributed by atoms with Gasteiger partial charge in [-0.15, -0.1) is 0 Å². The van der Waals surface area contributed by atoms with Gasteiger partial charge in [0.2, 0.25) is 17.6 Å². The first-order valence-corrected chi connectivity index (χ1v) is 9.43. The Balaban J connectivity index is 1.50. The molecule has 1 aromatic heterocycles. The monoisotopic (exact) mass is 377 g/mol. The van der Waals surface area contributed by atoms with E-state index in [1.165, 1.54) is 5.56 Å². The van der Waals surface area contributed by atoms with Crippen molar-refractivity contribution in [2.45, 2.75) is 32.1 Å². The van der Waals surface area contributed by atoms with Crippen LogP contribution in [0.25, 0.3) is 11.4 Å². The van der Waals surface area contributed by atoms with Crippen LogP contribution in [0.3, 0.4) is 0 Å². The lowest BCUT2D eigenvalue weighted by Gasteiger charge is -2.17. The Bertz CT molecular complexity index is 961. The summed E-state index contributed by atoms with van der Waals surface area (Å²) >= 11 is 0. The second kappa shape index (κ2) is 7.46. The molecule has 0 bridgehead atoms. The molecule has 1 saturated heterocycles. The second-order valence-electron chi connectivity index (χ2n) is 7.34. The van der Waals surface area contributed by atoms with E-state index in [1.54, 1.807) is 12.0 Å². The third-order valence-electron chi connectivity index (χ3n) is 5.14. The summed E-state index contributed by atoms with van der Waals surface area (Å²) in [7, 11) is 1.63. The topological polar surface area (TPSA) is 68.5 Å². The van der Waals surface area contributed by atoms with E-state index in [9.17, 15) is 4.79 Å². The predicted octanol–water partition coefficient (Wildman–Crippen LogP) is 4.39. The van der Waals surface area contributed by atoms with Crippen molar-refractivity contribution in [1.29, 1.82) is 0 Å². The van der Waals surface area contributed by atoms with E-state index in [2.05, 4.69) is 36.1 Å². The van der Waals surface area contributed by atoms with Crippen molar-refractivity contribution >= 4 is 11.6 Å². The van der Waals surface area contributed by atoms with Gasteiger partial charge in [0.25, 0.3) is 0 Å². The van der Waals surface area contributed by atoms with Gasteiger partial charge in [0.05, 0.1) is 13.0 Å². The summed E-state index contributed by atoms with van der Waals surface area (Å²) in [4.78, 5) is 18.9. The Labute approximate surface area is 164 Å². The van der Waals surface area contributed by atoms with Crippen LogP contribution in [0.5, 0.6) is 5.75 Å². The number of hydrogen-bond donors (Lipinski definition) is 0. The van der Waals surface area contributed by atoms with Crippen molar-refractivity contribution < 1.29 is 14.1 Å². The van der Waals surface area contributed by atoms with Crippen LogP contribution in [-0.4, -0.2) is 29.7 Å². The van der Waals surface area contributed by atoms with Crippen molar-refractivity contribution in [2.24, 2.45) is 0 Å². The minimum atomic E-state index is -0.100. The molecule has 2 heterocycles. The maximum absolute atomic E-state index is 12.5.